The third kappa shape index (κ3) is 2.92. The smallest absolute Gasteiger partial charge is 0.252 e. The minimum atomic E-state index is -0.270. The fourth-order valence-corrected chi connectivity index (χ4v) is 2.06. The lowest BCUT2D eigenvalue weighted by atomic mass is 10.1. The Bertz CT molecular complexity index is 589. The van der Waals surface area contributed by atoms with Gasteiger partial charge in [0.05, 0.1) is 0 Å². The maximum atomic E-state index is 11.9. The van der Waals surface area contributed by atoms with Gasteiger partial charge in [-0.25, -0.2) is 4.98 Å². The maximum absolute atomic E-state index is 11.9. The van der Waals surface area contributed by atoms with Crippen LogP contribution in [0.2, 0.25) is 0 Å². The molecule has 1 atom stereocenters. The van der Waals surface area contributed by atoms with Gasteiger partial charge >= 0.3 is 0 Å². The molecule has 0 aliphatic carbocycles. The van der Waals surface area contributed by atoms with Crippen LogP contribution >= 0.6 is 0 Å². The van der Waals surface area contributed by atoms with E-state index in [4.69, 9.17) is 5.53 Å². The lowest BCUT2D eigenvalue weighted by molar-refractivity contribution is -0.117. The number of aromatic amines is 1. The van der Waals surface area contributed by atoms with Gasteiger partial charge < -0.3 is 0 Å². The zero-order valence-corrected chi connectivity index (χ0v) is 10.5. The van der Waals surface area contributed by atoms with Gasteiger partial charge in [-0.1, -0.05) is 12.0 Å². The van der Waals surface area contributed by atoms with Crippen LogP contribution in [0.15, 0.2) is 16.0 Å². The number of H-pyrrole nitrogens is 1. The molecule has 1 N–H and O–H groups in total. The van der Waals surface area contributed by atoms with E-state index >= 15 is 0 Å². The summed E-state index contributed by atoms with van der Waals surface area (Å²) in [7, 11) is 0. The predicted octanol–water partition coefficient (Wildman–Crippen LogP) is 0.996. The highest BCUT2D eigenvalue weighted by molar-refractivity contribution is 5.94. The molecule has 1 aliphatic heterocycles. The van der Waals surface area contributed by atoms with Crippen LogP contribution in [0.5, 0.6) is 0 Å². The van der Waals surface area contributed by atoms with E-state index in [1.165, 1.54) is 11.0 Å². The average molecular weight is 262 g/mol. The van der Waals surface area contributed by atoms with Crippen molar-refractivity contribution in [3.05, 3.63) is 32.6 Å². The largest absolute Gasteiger partial charge is 0.292 e. The lowest BCUT2D eigenvalue weighted by Crippen LogP contribution is -2.29. The average Bonchev–Trinajstić information content (AvgIpc) is 2.76. The molecule has 0 radical (unpaired) electrons. The van der Waals surface area contributed by atoms with Gasteiger partial charge in [-0.3, -0.25) is 19.5 Å². The molecule has 1 amide bonds. The molecule has 1 unspecified atom stereocenters. The first-order chi connectivity index (χ1) is 9.13. The number of nitrogens with one attached hydrogen (secondary N) is 1. The van der Waals surface area contributed by atoms with Gasteiger partial charge in [-0.05, 0) is 17.9 Å². The second-order valence-electron chi connectivity index (χ2n) is 4.40. The normalized spacial score (nSPS) is 18.5. The summed E-state index contributed by atoms with van der Waals surface area (Å²) >= 11 is 0. The number of nitrogens with zero attached hydrogens (tertiary/aromatic N) is 5. The summed E-state index contributed by atoms with van der Waals surface area (Å²) in [4.78, 5) is 34.3. The minimum Gasteiger partial charge on any atom is -0.292 e. The first-order valence-corrected chi connectivity index (χ1v) is 6.05. The number of carbonyl (C=O) groups is 1. The first-order valence-electron chi connectivity index (χ1n) is 6.05. The Morgan fingerprint density at radius 1 is 1.63 bits per heavy atom. The summed E-state index contributed by atoms with van der Waals surface area (Å²) in [6, 6.07) is 1.42. The van der Waals surface area contributed by atoms with E-state index in [1.807, 2.05) is 6.92 Å². The van der Waals surface area contributed by atoms with Crippen molar-refractivity contribution >= 4 is 11.9 Å². The highest BCUT2D eigenvalue weighted by atomic mass is 16.2. The molecule has 1 aromatic rings. The molecule has 1 saturated heterocycles. The molecule has 8 nitrogen and oxygen atoms in total. The Balaban J connectivity index is 2.22. The molecule has 1 aliphatic rings. The second-order valence-corrected chi connectivity index (χ2v) is 4.40. The van der Waals surface area contributed by atoms with Crippen LogP contribution in [0.3, 0.4) is 0 Å². The molecule has 8 heteroatoms. The van der Waals surface area contributed by atoms with E-state index in [-0.39, 0.29) is 29.9 Å². The lowest BCUT2D eigenvalue weighted by Gasteiger charge is -2.15. The number of carbonyl (C=O) groups excluding carboxylic acids is 1. The number of aromatic nitrogens is 2. The van der Waals surface area contributed by atoms with Crippen LogP contribution in [-0.2, 0) is 11.2 Å². The summed E-state index contributed by atoms with van der Waals surface area (Å²) in [6.45, 7) is 2.58. The topological polar surface area (TPSA) is 115 Å². The third-order valence-corrected chi connectivity index (χ3v) is 3.01. The number of hydrogen-bond donors (Lipinski definition) is 1. The zero-order valence-electron chi connectivity index (χ0n) is 10.5. The molecule has 0 saturated carbocycles. The number of rotatable bonds is 4. The van der Waals surface area contributed by atoms with Crippen molar-refractivity contribution in [1.82, 2.24) is 9.97 Å². The van der Waals surface area contributed by atoms with Gasteiger partial charge in [-0.15, -0.1) is 0 Å². The molecule has 1 fully saturated rings. The Morgan fingerprint density at radius 2 is 2.42 bits per heavy atom. The molecule has 100 valence electrons. The Morgan fingerprint density at radius 3 is 3.11 bits per heavy atom. The van der Waals surface area contributed by atoms with E-state index in [1.54, 1.807) is 0 Å². The Hall–Kier alpha value is -2.34. The van der Waals surface area contributed by atoms with Crippen LogP contribution in [0.1, 0.15) is 19.0 Å². The van der Waals surface area contributed by atoms with Crippen molar-refractivity contribution in [2.24, 2.45) is 11.0 Å². The molecule has 1 aromatic heterocycles. The van der Waals surface area contributed by atoms with Crippen molar-refractivity contribution in [1.29, 1.82) is 0 Å². The fourth-order valence-electron chi connectivity index (χ4n) is 2.06. The van der Waals surface area contributed by atoms with Crippen LogP contribution < -0.4 is 10.5 Å². The monoisotopic (exact) mass is 262 g/mol. The van der Waals surface area contributed by atoms with Crippen molar-refractivity contribution in [2.45, 2.75) is 19.8 Å². The molecular weight excluding hydrogens is 248 g/mol. The van der Waals surface area contributed by atoms with E-state index in [0.717, 1.165) is 0 Å². The molecule has 2 heterocycles. The van der Waals surface area contributed by atoms with Gasteiger partial charge in [0.2, 0.25) is 11.9 Å². The van der Waals surface area contributed by atoms with Gasteiger partial charge in [0.15, 0.2) is 0 Å². The van der Waals surface area contributed by atoms with E-state index in [0.29, 0.717) is 25.1 Å². The highest BCUT2D eigenvalue weighted by Gasteiger charge is 2.31. The third-order valence-electron chi connectivity index (χ3n) is 3.01. The molecule has 19 heavy (non-hydrogen) atoms. The van der Waals surface area contributed by atoms with Crippen molar-refractivity contribution in [3.8, 4) is 0 Å². The highest BCUT2D eigenvalue weighted by Crippen LogP contribution is 2.21. The summed E-state index contributed by atoms with van der Waals surface area (Å²) in [5.41, 5.74) is 8.65. The van der Waals surface area contributed by atoms with E-state index in [9.17, 15) is 9.59 Å². The van der Waals surface area contributed by atoms with E-state index in [2.05, 4.69) is 20.0 Å². The molecule has 2 rings (SSSR count). The quantitative estimate of drug-likeness (QED) is 0.495. The van der Waals surface area contributed by atoms with Crippen molar-refractivity contribution in [2.75, 3.05) is 18.0 Å². The van der Waals surface area contributed by atoms with Gasteiger partial charge in [0.1, 0.15) is 0 Å². The summed E-state index contributed by atoms with van der Waals surface area (Å²) in [5, 5.41) is 3.48. The fraction of sp³-hybridized carbons (Fsp3) is 0.545. The predicted molar refractivity (Wildman–Crippen MR) is 68.7 cm³/mol. The summed E-state index contributed by atoms with van der Waals surface area (Å²) in [6.07, 6.45) is 0.931. The Labute approximate surface area is 109 Å². The molecular formula is C11H14N6O2. The van der Waals surface area contributed by atoms with Gasteiger partial charge in [0, 0.05) is 36.2 Å². The number of amides is 1. The van der Waals surface area contributed by atoms with Crippen LogP contribution in [0, 0.1) is 5.92 Å². The number of hydrogen-bond acceptors (Lipinski definition) is 4. The van der Waals surface area contributed by atoms with Crippen LogP contribution in [-0.4, -0.2) is 29.0 Å². The first kappa shape index (κ1) is 13.1. The SMILES string of the molecule is CCc1cc(=O)[nH]c(N2CC(CN=[N+]=[N-])CC2=O)n1. The van der Waals surface area contributed by atoms with Crippen molar-refractivity contribution < 1.29 is 4.79 Å². The Kier molecular flexibility index (Phi) is 3.82. The number of anilines is 1. The zero-order chi connectivity index (χ0) is 13.8. The van der Waals surface area contributed by atoms with Gasteiger partial charge in [-0.2, -0.15) is 0 Å². The molecule has 0 spiro atoms. The number of aryl methyl sites for hydroxylation is 1. The van der Waals surface area contributed by atoms with E-state index < -0.39 is 0 Å². The summed E-state index contributed by atoms with van der Waals surface area (Å²) < 4.78 is 0. The standard InChI is InChI=1S/C11H14N6O2/c1-2-8-4-9(18)15-11(14-8)17-6-7(3-10(17)19)5-13-16-12/h4,7H,2-3,5-6H2,1H3,(H,14,15,18). The molecule has 0 bridgehead atoms. The molecule has 0 aromatic carbocycles. The van der Waals surface area contributed by atoms with Gasteiger partial charge in [0.25, 0.3) is 5.56 Å². The minimum absolute atomic E-state index is 0.0287. The maximum Gasteiger partial charge on any atom is 0.252 e. The number of azide groups is 1. The van der Waals surface area contributed by atoms with Crippen molar-refractivity contribution in [3.63, 3.8) is 0 Å². The second kappa shape index (κ2) is 5.53. The van der Waals surface area contributed by atoms with Crippen LogP contribution in [0.25, 0.3) is 10.4 Å². The summed E-state index contributed by atoms with van der Waals surface area (Å²) in [5.74, 6) is 0.131. The van der Waals surface area contributed by atoms with Crippen LogP contribution in [0.4, 0.5) is 5.95 Å².